The van der Waals surface area contributed by atoms with E-state index in [2.05, 4.69) is 17.1 Å². The Kier molecular flexibility index (Phi) is 5.19. The summed E-state index contributed by atoms with van der Waals surface area (Å²) in [5, 5.41) is 4.08. The van der Waals surface area contributed by atoms with E-state index in [-0.39, 0.29) is 0 Å². The van der Waals surface area contributed by atoms with Crippen molar-refractivity contribution in [3.8, 4) is 0 Å². The minimum Gasteiger partial charge on any atom is -0.383 e. The number of ether oxygens (including phenoxy) is 1. The van der Waals surface area contributed by atoms with Crippen molar-refractivity contribution in [3.63, 3.8) is 0 Å². The summed E-state index contributed by atoms with van der Waals surface area (Å²) in [5.74, 6) is 0.855. The maximum absolute atomic E-state index is 5.29. The molecule has 1 heterocycles. The van der Waals surface area contributed by atoms with Crippen molar-refractivity contribution in [2.75, 3.05) is 33.4 Å². The third-order valence-electron chi connectivity index (χ3n) is 2.65. The summed E-state index contributed by atoms with van der Waals surface area (Å²) in [4.78, 5) is 2.25. The van der Waals surface area contributed by atoms with Crippen molar-refractivity contribution in [2.45, 2.75) is 19.8 Å². The van der Waals surface area contributed by atoms with Gasteiger partial charge in [-0.25, -0.2) is 0 Å². The number of piperidine rings is 1. The monoisotopic (exact) mass is 216 g/mol. The average Bonchev–Trinajstić information content (AvgIpc) is 2.19. The van der Waals surface area contributed by atoms with Crippen molar-refractivity contribution in [2.24, 2.45) is 5.92 Å². The predicted octanol–water partition coefficient (Wildman–Crippen LogP) is 1.24. The predicted molar refractivity (Wildman–Crippen MR) is 62.4 cm³/mol. The number of methoxy groups -OCH3 is 1. The van der Waals surface area contributed by atoms with Crippen LogP contribution < -0.4 is 5.32 Å². The number of nitrogens with one attached hydrogen (secondary N) is 1. The minimum atomic E-state index is 0.713. The zero-order valence-electron chi connectivity index (χ0n) is 9.08. The molecule has 0 bridgehead atoms. The van der Waals surface area contributed by atoms with Gasteiger partial charge >= 0.3 is 0 Å². The van der Waals surface area contributed by atoms with Crippen molar-refractivity contribution >= 4 is 17.3 Å². The molecular weight excluding hydrogens is 196 g/mol. The summed E-state index contributed by atoms with van der Waals surface area (Å²) in [6, 6.07) is 0. The van der Waals surface area contributed by atoms with Crippen LogP contribution in [0.4, 0.5) is 0 Å². The molecule has 0 atom stereocenters. The fourth-order valence-electron chi connectivity index (χ4n) is 1.58. The van der Waals surface area contributed by atoms with Gasteiger partial charge in [0, 0.05) is 26.7 Å². The van der Waals surface area contributed by atoms with Crippen LogP contribution in [0.2, 0.25) is 0 Å². The van der Waals surface area contributed by atoms with Gasteiger partial charge in [0.15, 0.2) is 5.11 Å². The molecule has 3 nitrogen and oxygen atoms in total. The molecule has 82 valence electrons. The maximum Gasteiger partial charge on any atom is 0.169 e. The third-order valence-corrected chi connectivity index (χ3v) is 3.06. The first kappa shape index (κ1) is 11.7. The van der Waals surface area contributed by atoms with Gasteiger partial charge in [0.05, 0.1) is 6.61 Å². The smallest absolute Gasteiger partial charge is 0.169 e. The molecule has 0 saturated carbocycles. The first-order chi connectivity index (χ1) is 6.74. The second-order valence-corrected chi connectivity index (χ2v) is 4.28. The SMILES string of the molecule is COCCNC(=S)N1CCC(C)CC1. The molecule has 1 aliphatic heterocycles. The van der Waals surface area contributed by atoms with Crippen LogP contribution in [0.25, 0.3) is 0 Å². The number of thiocarbonyl (C=S) groups is 1. The molecule has 0 aliphatic carbocycles. The fourth-order valence-corrected chi connectivity index (χ4v) is 1.87. The van der Waals surface area contributed by atoms with E-state index in [4.69, 9.17) is 17.0 Å². The third kappa shape index (κ3) is 3.80. The van der Waals surface area contributed by atoms with Gasteiger partial charge < -0.3 is 15.0 Å². The van der Waals surface area contributed by atoms with Crippen molar-refractivity contribution < 1.29 is 4.74 Å². The second kappa shape index (κ2) is 6.19. The van der Waals surface area contributed by atoms with Crippen LogP contribution in [0.15, 0.2) is 0 Å². The van der Waals surface area contributed by atoms with Crippen LogP contribution in [0.5, 0.6) is 0 Å². The summed E-state index contributed by atoms with van der Waals surface area (Å²) in [7, 11) is 1.70. The number of hydrogen-bond donors (Lipinski definition) is 1. The quantitative estimate of drug-likeness (QED) is 0.567. The molecule has 1 fully saturated rings. The van der Waals surface area contributed by atoms with Crippen LogP contribution in [0.1, 0.15) is 19.8 Å². The van der Waals surface area contributed by atoms with Gasteiger partial charge in [-0.1, -0.05) is 6.92 Å². The molecule has 0 amide bonds. The van der Waals surface area contributed by atoms with Crippen molar-refractivity contribution in [3.05, 3.63) is 0 Å². The van der Waals surface area contributed by atoms with E-state index in [1.165, 1.54) is 12.8 Å². The molecule has 0 spiro atoms. The molecule has 1 N–H and O–H groups in total. The van der Waals surface area contributed by atoms with Crippen molar-refractivity contribution in [1.82, 2.24) is 10.2 Å². The van der Waals surface area contributed by atoms with Crippen LogP contribution >= 0.6 is 12.2 Å². The number of rotatable bonds is 3. The second-order valence-electron chi connectivity index (χ2n) is 3.89. The van der Waals surface area contributed by atoms with Gasteiger partial charge in [-0.05, 0) is 31.0 Å². The normalized spacial score (nSPS) is 18.3. The molecule has 14 heavy (non-hydrogen) atoms. The Hall–Kier alpha value is -0.350. The highest BCUT2D eigenvalue weighted by atomic mass is 32.1. The van der Waals surface area contributed by atoms with Gasteiger partial charge in [-0.2, -0.15) is 0 Å². The van der Waals surface area contributed by atoms with E-state index >= 15 is 0 Å². The summed E-state index contributed by atoms with van der Waals surface area (Å²) < 4.78 is 4.96. The molecule has 0 aromatic heterocycles. The maximum atomic E-state index is 5.29. The fraction of sp³-hybridized carbons (Fsp3) is 0.900. The topological polar surface area (TPSA) is 24.5 Å². The molecule has 4 heteroatoms. The van der Waals surface area contributed by atoms with Gasteiger partial charge in [-0.3, -0.25) is 0 Å². The number of hydrogen-bond acceptors (Lipinski definition) is 2. The van der Waals surface area contributed by atoms with Crippen molar-refractivity contribution in [1.29, 1.82) is 0 Å². The number of likely N-dealkylation sites (tertiary alicyclic amines) is 1. The summed E-state index contributed by atoms with van der Waals surface area (Å²) in [6.07, 6.45) is 2.51. The lowest BCUT2D eigenvalue weighted by molar-refractivity contribution is 0.201. The lowest BCUT2D eigenvalue weighted by Gasteiger charge is -2.32. The molecule has 0 radical (unpaired) electrons. The van der Waals surface area contributed by atoms with Gasteiger partial charge in [0.1, 0.15) is 0 Å². The summed E-state index contributed by atoms with van der Waals surface area (Å²) >= 11 is 5.29. The highest BCUT2D eigenvalue weighted by molar-refractivity contribution is 7.80. The average molecular weight is 216 g/mol. The molecule has 1 aliphatic rings. The Morgan fingerprint density at radius 3 is 2.71 bits per heavy atom. The van der Waals surface area contributed by atoms with Crippen LogP contribution in [-0.2, 0) is 4.74 Å². The summed E-state index contributed by atoms with van der Waals surface area (Å²) in [6.45, 7) is 6.02. The minimum absolute atomic E-state index is 0.713. The van der Waals surface area contributed by atoms with E-state index in [1.54, 1.807) is 7.11 Å². The molecule has 1 rings (SSSR count). The molecular formula is C10H20N2OS. The number of nitrogens with zero attached hydrogens (tertiary/aromatic N) is 1. The van der Waals surface area contributed by atoms with Crippen LogP contribution in [0, 0.1) is 5.92 Å². The zero-order valence-corrected chi connectivity index (χ0v) is 9.90. The lowest BCUT2D eigenvalue weighted by atomic mass is 10.00. The molecule has 0 unspecified atom stereocenters. The molecule has 1 saturated heterocycles. The Morgan fingerprint density at radius 2 is 2.14 bits per heavy atom. The lowest BCUT2D eigenvalue weighted by Crippen LogP contribution is -2.44. The Morgan fingerprint density at radius 1 is 1.50 bits per heavy atom. The largest absolute Gasteiger partial charge is 0.383 e. The van der Waals surface area contributed by atoms with E-state index in [1.807, 2.05) is 0 Å². The zero-order chi connectivity index (χ0) is 10.4. The van der Waals surface area contributed by atoms with E-state index in [0.29, 0.717) is 6.61 Å². The van der Waals surface area contributed by atoms with Gasteiger partial charge in [0.2, 0.25) is 0 Å². The summed E-state index contributed by atoms with van der Waals surface area (Å²) in [5.41, 5.74) is 0. The van der Waals surface area contributed by atoms with E-state index < -0.39 is 0 Å². The van der Waals surface area contributed by atoms with E-state index in [0.717, 1.165) is 30.7 Å². The Bertz CT molecular complexity index is 179. The van der Waals surface area contributed by atoms with Crippen LogP contribution in [0.3, 0.4) is 0 Å². The first-order valence-corrected chi connectivity index (χ1v) is 5.66. The Labute approximate surface area is 91.8 Å². The standard InChI is InChI=1S/C10H20N2OS/c1-9-3-6-12(7-4-9)10(14)11-5-8-13-2/h9H,3-8H2,1-2H3,(H,11,14). The van der Waals surface area contributed by atoms with Gasteiger partial charge in [0.25, 0.3) is 0 Å². The van der Waals surface area contributed by atoms with E-state index in [9.17, 15) is 0 Å². The highest BCUT2D eigenvalue weighted by Crippen LogP contribution is 2.15. The highest BCUT2D eigenvalue weighted by Gasteiger charge is 2.17. The van der Waals surface area contributed by atoms with Gasteiger partial charge in [-0.15, -0.1) is 0 Å². The molecule has 0 aromatic rings. The first-order valence-electron chi connectivity index (χ1n) is 5.25. The Balaban J connectivity index is 2.17. The van der Waals surface area contributed by atoms with Crippen LogP contribution in [-0.4, -0.2) is 43.4 Å². The molecule has 0 aromatic carbocycles.